The van der Waals surface area contributed by atoms with Gasteiger partial charge in [0.1, 0.15) is 17.2 Å². The quantitative estimate of drug-likeness (QED) is 0.625. The van der Waals surface area contributed by atoms with Gasteiger partial charge in [0.05, 0.1) is 13.2 Å². The molecule has 1 fully saturated rings. The number of nitrogens with zero attached hydrogens (tertiary/aromatic N) is 1. The molecule has 1 N–H and O–H groups in total. The molecule has 1 aromatic rings. The summed E-state index contributed by atoms with van der Waals surface area (Å²) < 4.78 is 36.3. The third kappa shape index (κ3) is 3.96. The number of hydrogen-bond acceptors (Lipinski definition) is 5. The molecule has 7 nitrogen and oxygen atoms in total. The molecule has 0 aromatic carbocycles. The lowest BCUT2D eigenvalue weighted by Crippen LogP contribution is -2.40. The predicted molar refractivity (Wildman–Crippen MR) is 80.1 cm³/mol. The van der Waals surface area contributed by atoms with E-state index in [0.29, 0.717) is 26.3 Å². The third-order valence-corrected chi connectivity index (χ3v) is 5.07. The number of sulfonamides is 1. The summed E-state index contributed by atoms with van der Waals surface area (Å²) in [4.78, 5) is 14.5. The van der Waals surface area contributed by atoms with Crippen LogP contribution < -0.4 is 0 Å². The number of morpholine rings is 1. The fourth-order valence-electron chi connectivity index (χ4n) is 2.01. The summed E-state index contributed by atoms with van der Waals surface area (Å²) in [5.41, 5.74) is 0.122. The predicted octanol–water partition coefficient (Wildman–Crippen LogP) is 1.16. The highest BCUT2D eigenvalue weighted by molar-refractivity contribution is 7.89. The lowest BCUT2D eigenvalue weighted by Gasteiger charge is -2.25. The van der Waals surface area contributed by atoms with Gasteiger partial charge in [-0.1, -0.05) is 19.1 Å². The number of aromatic amines is 1. The maximum absolute atomic E-state index is 12.4. The van der Waals surface area contributed by atoms with Crippen molar-refractivity contribution in [2.45, 2.75) is 18.2 Å². The zero-order valence-corrected chi connectivity index (χ0v) is 13.3. The molecule has 0 bridgehead atoms. The van der Waals surface area contributed by atoms with E-state index in [1.165, 1.54) is 16.6 Å². The Balaban J connectivity index is 2.03. The molecule has 0 spiro atoms. The van der Waals surface area contributed by atoms with Crippen LogP contribution in [-0.4, -0.2) is 56.6 Å². The summed E-state index contributed by atoms with van der Waals surface area (Å²) in [6, 6.07) is 1.30. The molecule has 2 rings (SSSR count). The first-order chi connectivity index (χ1) is 10.6. The van der Waals surface area contributed by atoms with Gasteiger partial charge in [-0.15, -0.1) is 0 Å². The molecule has 0 amide bonds. The third-order valence-electron chi connectivity index (χ3n) is 3.20. The van der Waals surface area contributed by atoms with Crippen molar-refractivity contribution in [1.82, 2.24) is 9.29 Å². The second kappa shape index (κ2) is 7.57. The van der Waals surface area contributed by atoms with Gasteiger partial charge in [0.15, 0.2) is 0 Å². The van der Waals surface area contributed by atoms with E-state index < -0.39 is 16.0 Å². The Kier molecular flexibility index (Phi) is 5.76. The first-order valence-corrected chi connectivity index (χ1v) is 8.58. The van der Waals surface area contributed by atoms with Gasteiger partial charge in [0.2, 0.25) is 10.0 Å². The number of ether oxygens (including phenoxy) is 2. The minimum atomic E-state index is -3.60. The fourth-order valence-corrected chi connectivity index (χ4v) is 3.42. The van der Waals surface area contributed by atoms with Gasteiger partial charge in [0, 0.05) is 19.3 Å². The number of nitrogens with one attached hydrogen (secondary N) is 1. The van der Waals surface area contributed by atoms with Crippen LogP contribution >= 0.6 is 0 Å². The summed E-state index contributed by atoms with van der Waals surface area (Å²) in [5, 5.41) is 0. The highest BCUT2D eigenvalue weighted by atomic mass is 32.2. The monoisotopic (exact) mass is 328 g/mol. The average molecular weight is 328 g/mol. The first-order valence-electron chi connectivity index (χ1n) is 7.14. The molecule has 1 aliphatic heterocycles. The van der Waals surface area contributed by atoms with Crippen LogP contribution in [0.5, 0.6) is 0 Å². The van der Waals surface area contributed by atoms with Crippen LogP contribution in [0.2, 0.25) is 0 Å². The molecule has 0 saturated carbocycles. The Morgan fingerprint density at radius 1 is 1.41 bits per heavy atom. The molecular weight excluding hydrogens is 308 g/mol. The molecule has 0 radical (unpaired) electrons. The van der Waals surface area contributed by atoms with Crippen molar-refractivity contribution < 1.29 is 22.7 Å². The van der Waals surface area contributed by atoms with Crippen LogP contribution in [0.4, 0.5) is 0 Å². The highest BCUT2D eigenvalue weighted by Crippen LogP contribution is 2.18. The maximum atomic E-state index is 12.4. The Morgan fingerprint density at radius 3 is 2.82 bits per heavy atom. The van der Waals surface area contributed by atoms with Crippen LogP contribution in [0.1, 0.15) is 23.8 Å². The minimum Gasteiger partial charge on any atom is -0.457 e. The van der Waals surface area contributed by atoms with E-state index in [9.17, 15) is 13.2 Å². The number of allylic oxidation sites excluding steroid dienone is 1. The number of carbonyl (C=O) groups excluding carboxylic acids is 1. The molecule has 8 heteroatoms. The minimum absolute atomic E-state index is 0.0606. The number of esters is 1. The van der Waals surface area contributed by atoms with Gasteiger partial charge in [-0.2, -0.15) is 4.31 Å². The van der Waals surface area contributed by atoms with Crippen molar-refractivity contribution in [2.24, 2.45) is 0 Å². The largest absolute Gasteiger partial charge is 0.457 e. The van der Waals surface area contributed by atoms with E-state index in [4.69, 9.17) is 9.47 Å². The molecule has 1 aliphatic rings. The Bertz CT molecular complexity index is 629. The van der Waals surface area contributed by atoms with E-state index in [2.05, 4.69) is 4.98 Å². The van der Waals surface area contributed by atoms with E-state index in [0.717, 1.165) is 6.42 Å². The summed E-state index contributed by atoms with van der Waals surface area (Å²) in [7, 11) is -3.60. The van der Waals surface area contributed by atoms with E-state index in [-0.39, 0.29) is 17.2 Å². The van der Waals surface area contributed by atoms with Crippen LogP contribution in [0, 0.1) is 0 Å². The second-order valence-electron chi connectivity index (χ2n) is 4.74. The van der Waals surface area contributed by atoms with E-state index in [1.807, 2.05) is 13.0 Å². The molecule has 0 aliphatic carbocycles. The Labute approximate surface area is 130 Å². The fraction of sp³-hybridized carbons (Fsp3) is 0.500. The number of carbonyl (C=O) groups is 1. The van der Waals surface area contributed by atoms with E-state index >= 15 is 0 Å². The first kappa shape index (κ1) is 16.7. The zero-order valence-electron chi connectivity index (χ0n) is 12.4. The van der Waals surface area contributed by atoms with Gasteiger partial charge in [-0.3, -0.25) is 0 Å². The van der Waals surface area contributed by atoms with Crippen LogP contribution in [0.15, 0.2) is 29.3 Å². The van der Waals surface area contributed by atoms with Gasteiger partial charge in [-0.25, -0.2) is 13.2 Å². The molecule has 2 heterocycles. The summed E-state index contributed by atoms with van der Waals surface area (Å²) in [6.07, 6.45) is 5.80. The van der Waals surface area contributed by atoms with Gasteiger partial charge >= 0.3 is 5.97 Å². The number of hydrogen-bond donors (Lipinski definition) is 1. The van der Waals surface area contributed by atoms with Crippen molar-refractivity contribution >= 4 is 16.0 Å². The summed E-state index contributed by atoms with van der Waals surface area (Å²) in [5.74, 6) is -0.579. The normalized spacial score (nSPS) is 17.0. The van der Waals surface area contributed by atoms with Crippen LogP contribution in [-0.2, 0) is 19.5 Å². The molecule has 122 valence electrons. The van der Waals surface area contributed by atoms with Crippen molar-refractivity contribution in [1.29, 1.82) is 0 Å². The Hall–Kier alpha value is -1.64. The summed E-state index contributed by atoms with van der Waals surface area (Å²) in [6.45, 7) is 3.53. The standard InChI is InChI=1S/C14H20N2O5S/c1-2-3-4-7-21-14(17)13-10-12(11-15-13)22(18,19)16-5-8-20-9-6-16/h3-4,10-11,15H,2,5-9H2,1H3/b4-3-. The second-order valence-corrected chi connectivity index (χ2v) is 6.68. The SMILES string of the molecule is CC/C=C\COC(=O)c1cc(S(=O)(=O)N2CCOCC2)c[nH]1. The van der Waals surface area contributed by atoms with Gasteiger partial charge in [0.25, 0.3) is 0 Å². The molecule has 1 aromatic heterocycles. The lowest BCUT2D eigenvalue weighted by atomic mass is 10.4. The summed E-state index contributed by atoms with van der Waals surface area (Å²) >= 11 is 0. The number of rotatable bonds is 6. The molecule has 0 unspecified atom stereocenters. The number of H-pyrrole nitrogens is 1. The zero-order chi connectivity index (χ0) is 16.0. The molecule has 1 saturated heterocycles. The maximum Gasteiger partial charge on any atom is 0.355 e. The smallest absolute Gasteiger partial charge is 0.355 e. The van der Waals surface area contributed by atoms with Crippen molar-refractivity contribution in [3.63, 3.8) is 0 Å². The van der Waals surface area contributed by atoms with Crippen LogP contribution in [0.25, 0.3) is 0 Å². The average Bonchev–Trinajstić information content (AvgIpc) is 3.03. The Morgan fingerprint density at radius 2 is 2.14 bits per heavy atom. The molecule has 0 atom stereocenters. The van der Waals surface area contributed by atoms with Gasteiger partial charge in [-0.05, 0) is 12.5 Å². The van der Waals surface area contributed by atoms with Crippen molar-refractivity contribution in [3.8, 4) is 0 Å². The molecule has 22 heavy (non-hydrogen) atoms. The van der Waals surface area contributed by atoms with Crippen LogP contribution in [0.3, 0.4) is 0 Å². The highest BCUT2D eigenvalue weighted by Gasteiger charge is 2.28. The lowest BCUT2D eigenvalue weighted by molar-refractivity contribution is 0.0543. The topological polar surface area (TPSA) is 88.7 Å². The van der Waals surface area contributed by atoms with Crippen molar-refractivity contribution in [3.05, 3.63) is 30.1 Å². The molecular formula is C14H20N2O5S. The van der Waals surface area contributed by atoms with E-state index in [1.54, 1.807) is 6.08 Å². The van der Waals surface area contributed by atoms with Gasteiger partial charge < -0.3 is 14.5 Å². The van der Waals surface area contributed by atoms with Crippen molar-refractivity contribution in [2.75, 3.05) is 32.9 Å². The number of aromatic nitrogens is 1.